The van der Waals surface area contributed by atoms with Crippen molar-refractivity contribution in [3.63, 3.8) is 0 Å². The van der Waals surface area contributed by atoms with Crippen molar-refractivity contribution in [1.29, 1.82) is 0 Å². The highest BCUT2D eigenvalue weighted by Gasteiger charge is 2.24. The van der Waals surface area contributed by atoms with E-state index in [0.29, 0.717) is 30.5 Å². The Morgan fingerprint density at radius 3 is 2.55 bits per heavy atom. The van der Waals surface area contributed by atoms with Crippen LogP contribution in [0.4, 0.5) is 0 Å². The van der Waals surface area contributed by atoms with E-state index in [9.17, 15) is 4.79 Å². The van der Waals surface area contributed by atoms with Crippen molar-refractivity contribution in [3.8, 4) is 11.3 Å². The minimum absolute atomic E-state index is 0.0243. The lowest BCUT2D eigenvalue weighted by molar-refractivity contribution is 0.0162. The molecule has 1 atom stereocenters. The number of rotatable bonds is 6. The second-order valence-corrected chi connectivity index (χ2v) is 8.24. The first-order valence-electron chi connectivity index (χ1n) is 10.4. The lowest BCUT2D eigenvalue weighted by Crippen LogP contribution is -2.43. The number of aryl methyl sites for hydroxylation is 2. The van der Waals surface area contributed by atoms with Crippen LogP contribution in [0.3, 0.4) is 0 Å². The number of morpholine rings is 1. The Hall–Kier alpha value is -2.67. The van der Waals surface area contributed by atoms with E-state index in [2.05, 4.69) is 22.3 Å². The molecule has 1 saturated heterocycles. The summed E-state index contributed by atoms with van der Waals surface area (Å²) in [6, 6.07) is 15.5. The molecule has 162 valence electrons. The molecule has 1 N–H and O–H groups in total. The molecule has 0 aliphatic carbocycles. The van der Waals surface area contributed by atoms with Gasteiger partial charge in [0.2, 0.25) is 0 Å². The van der Waals surface area contributed by atoms with Crippen LogP contribution >= 0.6 is 11.6 Å². The molecule has 2 heterocycles. The molecular formula is C24H26ClN3O3. The van der Waals surface area contributed by atoms with E-state index in [-0.39, 0.29) is 17.6 Å². The van der Waals surface area contributed by atoms with Crippen molar-refractivity contribution in [2.45, 2.75) is 19.9 Å². The van der Waals surface area contributed by atoms with Gasteiger partial charge in [0.25, 0.3) is 5.91 Å². The molecule has 0 spiro atoms. The summed E-state index contributed by atoms with van der Waals surface area (Å²) in [5.41, 5.74) is 4.64. The van der Waals surface area contributed by atoms with Gasteiger partial charge in [-0.15, -0.1) is 0 Å². The van der Waals surface area contributed by atoms with Crippen molar-refractivity contribution in [2.75, 3.05) is 32.8 Å². The van der Waals surface area contributed by atoms with E-state index in [1.165, 1.54) is 5.56 Å². The maximum atomic E-state index is 12.8. The molecule has 4 rings (SSSR count). The minimum Gasteiger partial charge on any atom is -0.379 e. The van der Waals surface area contributed by atoms with Gasteiger partial charge >= 0.3 is 0 Å². The van der Waals surface area contributed by atoms with Gasteiger partial charge in [-0.3, -0.25) is 9.69 Å². The van der Waals surface area contributed by atoms with Gasteiger partial charge in [0.15, 0.2) is 11.5 Å². The molecule has 6 nitrogen and oxygen atoms in total. The first kappa shape index (κ1) is 21.6. The van der Waals surface area contributed by atoms with Gasteiger partial charge in [0.1, 0.15) is 0 Å². The smallest absolute Gasteiger partial charge is 0.273 e. The van der Waals surface area contributed by atoms with E-state index in [1.807, 2.05) is 49.4 Å². The number of benzene rings is 2. The monoisotopic (exact) mass is 439 g/mol. The van der Waals surface area contributed by atoms with Crippen LogP contribution < -0.4 is 5.32 Å². The topological polar surface area (TPSA) is 67.6 Å². The summed E-state index contributed by atoms with van der Waals surface area (Å²) in [5, 5.41) is 7.69. The van der Waals surface area contributed by atoms with Crippen LogP contribution in [0.1, 0.15) is 33.2 Å². The Bertz CT molecular complexity index is 1040. The Labute approximate surface area is 187 Å². The highest BCUT2D eigenvalue weighted by molar-refractivity contribution is 6.30. The number of amides is 1. The molecule has 1 amide bonds. The fraction of sp³-hybridized carbons (Fsp3) is 0.333. The summed E-state index contributed by atoms with van der Waals surface area (Å²) in [7, 11) is 0. The molecule has 1 aromatic heterocycles. The lowest BCUT2D eigenvalue weighted by atomic mass is 10.0. The van der Waals surface area contributed by atoms with Crippen molar-refractivity contribution in [3.05, 3.63) is 75.9 Å². The number of nitrogens with zero attached hydrogens (tertiary/aromatic N) is 2. The van der Waals surface area contributed by atoms with Gasteiger partial charge < -0.3 is 14.6 Å². The van der Waals surface area contributed by atoms with Crippen LogP contribution in [0.15, 0.2) is 53.1 Å². The summed E-state index contributed by atoms with van der Waals surface area (Å²) in [6.07, 6.45) is 0. The van der Waals surface area contributed by atoms with Gasteiger partial charge in [-0.05, 0) is 48.7 Å². The summed E-state index contributed by atoms with van der Waals surface area (Å²) in [4.78, 5) is 15.1. The third kappa shape index (κ3) is 5.15. The SMILES string of the molecule is Cc1ccc(-c2cc(C(=O)NCC(c3ccc(Cl)cc3)N3CCOCC3)no2)cc1C. The first-order chi connectivity index (χ1) is 15.0. The molecule has 1 fully saturated rings. The van der Waals surface area contributed by atoms with Crippen molar-refractivity contribution in [2.24, 2.45) is 0 Å². The van der Waals surface area contributed by atoms with E-state index >= 15 is 0 Å². The second-order valence-electron chi connectivity index (χ2n) is 7.80. The molecule has 1 unspecified atom stereocenters. The van der Waals surface area contributed by atoms with E-state index in [0.717, 1.165) is 29.8 Å². The highest BCUT2D eigenvalue weighted by Crippen LogP contribution is 2.25. The number of carbonyl (C=O) groups excluding carboxylic acids is 1. The zero-order chi connectivity index (χ0) is 21.8. The number of hydrogen-bond donors (Lipinski definition) is 1. The Morgan fingerprint density at radius 2 is 1.84 bits per heavy atom. The van der Waals surface area contributed by atoms with Gasteiger partial charge in [0, 0.05) is 36.3 Å². The number of halogens is 1. The van der Waals surface area contributed by atoms with Crippen LogP contribution in [-0.2, 0) is 4.74 Å². The average Bonchev–Trinajstić information content (AvgIpc) is 3.28. The van der Waals surface area contributed by atoms with Crippen LogP contribution in [0.5, 0.6) is 0 Å². The summed E-state index contributed by atoms with van der Waals surface area (Å²) in [6.45, 7) is 7.54. The van der Waals surface area contributed by atoms with E-state index in [1.54, 1.807) is 6.07 Å². The molecule has 3 aromatic rings. The predicted molar refractivity (Wildman–Crippen MR) is 120 cm³/mol. The Morgan fingerprint density at radius 1 is 1.10 bits per heavy atom. The normalized spacial score (nSPS) is 15.6. The number of aromatic nitrogens is 1. The van der Waals surface area contributed by atoms with Crippen molar-refractivity contribution in [1.82, 2.24) is 15.4 Å². The highest BCUT2D eigenvalue weighted by atomic mass is 35.5. The lowest BCUT2D eigenvalue weighted by Gasteiger charge is -2.34. The molecule has 0 bridgehead atoms. The summed E-state index contributed by atoms with van der Waals surface area (Å²) < 4.78 is 10.9. The molecule has 0 saturated carbocycles. The quantitative estimate of drug-likeness (QED) is 0.616. The molecule has 2 aromatic carbocycles. The van der Waals surface area contributed by atoms with E-state index < -0.39 is 0 Å². The fourth-order valence-corrected chi connectivity index (χ4v) is 3.85. The number of ether oxygens (including phenoxy) is 1. The van der Waals surface area contributed by atoms with Crippen LogP contribution in [-0.4, -0.2) is 48.8 Å². The van der Waals surface area contributed by atoms with Crippen molar-refractivity contribution < 1.29 is 14.1 Å². The average molecular weight is 440 g/mol. The second kappa shape index (κ2) is 9.64. The molecular weight excluding hydrogens is 414 g/mol. The predicted octanol–water partition coefficient (Wildman–Crippen LogP) is 4.42. The van der Waals surface area contributed by atoms with Crippen molar-refractivity contribution >= 4 is 17.5 Å². The molecule has 1 aliphatic heterocycles. The molecule has 31 heavy (non-hydrogen) atoms. The van der Waals surface area contributed by atoms with Gasteiger partial charge in [-0.1, -0.05) is 41.0 Å². The van der Waals surface area contributed by atoms with Gasteiger partial charge in [-0.2, -0.15) is 0 Å². The number of hydrogen-bond acceptors (Lipinski definition) is 5. The third-order valence-corrected chi connectivity index (χ3v) is 5.98. The Kier molecular flexibility index (Phi) is 6.70. The zero-order valence-electron chi connectivity index (χ0n) is 17.7. The molecule has 0 radical (unpaired) electrons. The van der Waals surface area contributed by atoms with Gasteiger partial charge in [-0.25, -0.2) is 0 Å². The zero-order valence-corrected chi connectivity index (χ0v) is 18.5. The largest absolute Gasteiger partial charge is 0.379 e. The number of nitrogens with one attached hydrogen (secondary N) is 1. The molecule has 1 aliphatic rings. The minimum atomic E-state index is -0.258. The first-order valence-corrected chi connectivity index (χ1v) is 10.8. The maximum absolute atomic E-state index is 12.8. The molecule has 7 heteroatoms. The summed E-state index contributed by atoms with van der Waals surface area (Å²) >= 11 is 6.06. The third-order valence-electron chi connectivity index (χ3n) is 5.73. The Balaban J connectivity index is 1.47. The van der Waals surface area contributed by atoms with Crippen LogP contribution in [0.2, 0.25) is 5.02 Å². The standard InChI is InChI=1S/C24H26ClN3O3/c1-16-3-4-19(13-17(16)2)23-14-21(27-31-23)24(29)26-15-22(28-9-11-30-12-10-28)18-5-7-20(25)8-6-18/h3-8,13-14,22H,9-12,15H2,1-2H3,(H,26,29). The van der Waals surface area contributed by atoms with Crippen LogP contribution in [0, 0.1) is 13.8 Å². The van der Waals surface area contributed by atoms with Gasteiger partial charge in [0.05, 0.1) is 19.3 Å². The summed E-state index contributed by atoms with van der Waals surface area (Å²) in [5.74, 6) is 0.321. The fourth-order valence-electron chi connectivity index (χ4n) is 3.72. The van der Waals surface area contributed by atoms with Crippen LogP contribution in [0.25, 0.3) is 11.3 Å². The number of carbonyl (C=O) groups is 1. The van der Waals surface area contributed by atoms with E-state index in [4.69, 9.17) is 20.9 Å². The maximum Gasteiger partial charge on any atom is 0.273 e.